The van der Waals surface area contributed by atoms with E-state index in [2.05, 4.69) is 25.6 Å². The van der Waals surface area contributed by atoms with Crippen molar-refractivity contribution in [3.63, 3.8) is 0 Å². The lowest BCUT2D eigenvalue weighted by Crippen LogP contribution is -2.53. The second-order valence-corrected chi connectivity index (χ2v) is 9.35. The minimum Gasteiger partial charge on any atom is -0.426 e. The topological polar surface area (TPSA) is 138 Å². The van der Waals surface area contributed by atoms with Gasteiger partial charge in [0.15, 0.2) is 11.5 Å². The molecule has 0 aliphatic carbocycles. The van der Waals surface area contributed by atoms with Gasteiger partial charge in [-0.3, -0.25) is 19.2 Å². The van der Waals surface area contributed by atoms with E-state index in [1.807, 2.05) is 7.05 Å². The van der Waals surface area contributed by atoms with Crippen LogP contribution in [0.1, 0.15) is 39.0 Å². The maximum atomic E-state index is 14.4. The Morgan fingerprint density at radius 3 is 2.66 bits per heavy atom. The molecule has 0 unspecified atom stereocenters. The van der Waals surface area contributed by atoms with Crippen LogP contribution in [0.3, 0.4) is 0 Å². The number of ether oxygens (including phenoxy) is 1. The molecule has 2 aromatic heterocycles. The number of fused-ring (bicyclic) bond motifs is 2. The zero-order chi connectivity index (χ0) is 27.0. The fraction of sp³-hybridized carbons (Fsp3) is 0.360. The van der Waals surface area contributed by atoms with Crippen molar-refractivity contribution in [1.29, 1.82) is 0 Å². The van der Waals surface area contributed by atoms with Gasteiger partial charge in [0.1, 0.15) is 23.2 Å². The SMILES string of the molecule is C[C@H](NC(=O)c1cc(C(=O)NCc2ccc3c(c2)CC(=O)O3)nc2c(F)cnn12)C(=O)N1CCN(C)CC1. The maximum absolute atomic E-state index is 14.4. The number of halogens is 1. The molecule has 12 nitrogen and oxygen atoms in total. The number of likely N-dealkylation sites (N-methyl/N-ethyl adjacent to an activating group) is 1. The molecule has 0 saturated carbocycles. The highest BCUT2D eigenvalue weighted by molar-refractivity contribution is 6.00. The number of carbonyl (C=O) groups excluding carboxylic acids is 4. The number of nitrogens with zero attached hydrogens (tertiary/aromatic N) is 5. The Labute approximate surface area is 216 Å². The molecule has 38 heavy (non-hydrogen) atoms. The summed E-state index contributed by atoms with van der Waals surface area (Å²) in [6.07, 6.45) is 1.05. The van der Waals surface area contributed by atoms with Gasteiger partial charge in [0.05, 0.1) is 12.6 Å². The first-order valence-corrected chi connectivity index (χ1v) is 12.1. The van der Waals surface area contributed by atoms with Gasteiger partial charge in [-0.15, -0.1) is 0 Å². The zero-order valence-corrected chi connectivity index (χ0v) is 20.9. The summed E-state index contributed by atoms with van der Waals surface area (Å²) >= 11 is 0. The predicted molar refractivity (Wildman–Crippen MR) is 131 cm³/mol. The normalized spacial score (nSPS) is 16.2. The number of benzene rings is 1. The van der Waals surface area contributed by atoms with Gasteiger partial charge in [0.25, 0.3) is 11.8 Å². The number of amides is 3. The van der Waals surface area contributed by atoms with E-state index >= 15 is 0 Å². The average Bonchev–Trinajstić information content (AvgIpc) is 3.47. The van der Waals surface area contributed by atoms with Gasteiger partial charge in [-0.25, -0.2) is 13.9 Å². The number of hydrogen-bond donors (Lipinski definition) is 2. The van der Waals surface area contributed by atoms with E-state index in [1.165, 1.54) is 6.07 Å². The van der Waals surface area contributed by atoms with Gasteiger partial charge in [-0.2, -0.15) is 5.10 Å². The van der Waals surface area contributed by atoms with Gasteiger partial charge in [-0.1, -0.05) is 6.07 Å². The van der Waals surface area contributed by atoms with Crippen LogP contribution in [0.2, 0.25) is 0 Å². The van der Waals surface area contributed by atoms with Crippen molar-refractivity contribution >= 4 is 29.3 Å². The summed E-state index contributed by atoms with van der Waals surface area (Å²) in [7, 11) is 1.97. The van der Waals surface area contributed by atoms with Crippen LogP contribution in [0.5, 0.6) is 5.75 Å². The van der Waals surface area contributed by atoms with E-state index in [0.717, 1.165) is 34.9 Å². The molecule has 2 aliphatic heterocycles. The summed E-state index contributed by atoms with van der Waals surface area (Å²) in [4.78, 5) is 58.2. The first kappa shape index (κ1) is 25.3. The Bertz CT molecular complexity index is 1450. The highest BCUT2D eigenvalue weighted by Gasteiger charge is 2.27. The van der Waals surface area contributed by atoms with Gasteiger partial charge in [-0.05, 0) is 31.7 Å². The van der Waals surface area contributed by atoms with Crippen LogP contribution >= 0.6 is 0 Å². The van der Waals surface area contributed by atoms with Gasteiger partial charge < -0.3 is 25.2 Å². The van der Waals surface area contributed by atoms with Crippen molar-refractivity contribution in [2.45, 2.75) is 25.9 Å². The Balaban J connectivity index is 1.31. The van der Waals surface area contributed by atoms with Crippen molar-refractivity contribution in [2.24, 2.45) is 0 Å². The largest absolute Gasteiger partial charge is 0.426 e. The van der Waals surface area contributed by atoms with E-state index < -0.39 is 23.7 Å². The standard InChI is InChI=1S/C25H26FN7O5/c1-14(25(37)32-7-5-31(2)6-8-32)29-24(36)19-11-18(30-22-17(26)13-28-33(19)22)23(35)27-12-15-3-4-20-16(9-15)10-21(34)38-20/h3-4,9,11,13-14H,5-8,10,12H2,1-2H3,(H,27,35)(H,29,36)/t14-/m0/s1. The molecule has 13 heteroatoms. The summed E-state index contributed by atoms with van der Waals surface area (Å²) in [6.45, 7) is 4.25. The summed E-state index contributed by atoms with van der Waals surface area (Å²) < 4.78 is 20.5. The molecular weight excluding hydrogens is 497 g/mol. The van der Waals surface area contributed by atoms with Crippen LogP contribution in [0.25, 0.3) is 5.65 Å². The summed E-state index contributed by atoms with van der Waals surface area (Å²) in [5, 5.41) is 9.19. The number of hydrogen-bond acceptors (Lipinski definition) is 8. The zero-order valence-electron chi connectivity index (χ0n) is 20.9. The monoisotopic (exact) mass is 523 g/mol. The number of esters is 1. The van der Waals surface area contributed by atoms with Gasteiger partial charge in [0, 0.05) is 44.4 Å². The Kier molecular flexibility index (Phi) is 6.76. The van der Waals surface area contributed by atoms with E-state index in [0.29, 0.717) is 18.8 Å². The molecule has 0 radical (unpaired) electrons. The van der Waals surface area contributed by atoms with Crippen LogP contribution in [0, 0.1) is 5.82 Å². The molecule has 2 aliphatic rings. The van der Waals surface area contributed by atoms with E-state index in [9.17, 15) is 23.6 Å². The molecule has 1 fully saturated rings. The molecule has 3 amide bonds. The van der Waals surface area contributed by atoms with Crippen molar-refractivity contribution in [2.75, 3.05) is 33.2 Å². The van der Waals surface area contributed by atoms with Crippen LogP contribution in [0.4, 0.5) is 4.39 Å². The second-order valence-electron chi connectivity index (χ2n) is 9.35. The first-order valence-electron chi connectivity index (χ1n) is 12.1. The number of nitrogens with one attached hydrogen (secondary N) is 2. The highest BCUT2D eigenvalue weighted by atomic mass is 19.1. The Hall–Kier alpha value is -4.39. The third-order valence-corrected chi connectivity index (χ3v) is 6.56. The molecular formula is C25H26FN7O5. The average molecular weight is 524 g/mol. The van der Waals surface area contributed by atoms with Crippen LogP contribution in [-0.4, -0.2) is 87.4 Å². The third-order valence-electron chi connectivity index (χ3n) is 6.56. The fourth-order valence-corrected chi connectivity index (χ4v) is 4.41. The van der Waals surface area contributed by atoms with Gasteiger partial charge >= 0.3 is 5.97 Å². The molecule has 3 aromatic rings. The maximum Gasteiger partial charge on any atom is 0.315 e. The fourth-order valence-electron chi connectivity index (χ4n) is 4.41. The lowest BCUT2D eigenvalue weighted by molar-refractivity contribution is -0.134. The lowest BCUT2D eigenvalue weighted by Gasteiger charge is -2.34. The Morgan fingerprint density at radius 2 is 1.89 bits per heavy atom. The summed E-state index contributed by atoms with van der Waals surface area (Å²) in [5.41, 5.74) is 0.812. The molecule has 1 aromatic carbocycles. The molecule has 5 rings (SSSR count). The number of piperazine rings is 1. The summed E-state index contributed by atoms with van der Waals surface area (Å²) in [5.74, 6) is -2.23. The van der Waals surface area contributed by atoms with Crippen molar-refractivity contribution in [3.8, 4) is 5.75 Å². The van der Waals surface area contributed by atoms with E-state index in [4.69, 9.17) is 4.74 Å². The van der Waals surface area contributed by atoms with Crippen LogP contribution in [0.15, 0.2) is 30.5 Å². The van der Waals surface area contributed by atoms with Crippen molar-refractivity contribution in [1.82, 2.24) is 35.0 Å². The van der Waals surface area contributed by atoms with Crippen LogP contribution in [-0.2, 0) is 22.6 Å². The number of rotatable bonds is 6. The van der Waals surface area contributed by atoms with Gasteiger partial charge in [0.2, 0.25) is 5.91 Å². The molecule has 198 valence electrons. The molecule has 0 bridgehead atoms. The van der Waals surface area contributed by atoms with Crippen LogP contribution < -0.4 is 15.4 Å². The number of aromatic nitrogens is 3. The first-order chi connectivity index (χ1) is 18.2. The summed E-state index contributed by atoms with van der Waals surface area (Å²) in [6, 6.07) is 5.48. The highest BCUT2D eigenvalue weighted by Crippen LogP contribution is 2.26. The Morgan fingerprint density at radius 1 is 1.13 bits per heavy atom. The van der Waals surface area contributed by atoms with E-state index in [1.54, 1.807) is 30.0 Å². The van der Waals surface area contributed by atoms with E-state index in [-0.39, 0.29) is 41.9 Å². The van der Waals surface area contributed by atoms with Crippen molar-refractivity contribution < 1.29 is 28.3 Å². The lowest BCUT2D eigenvalue weighted by atomic mass is 10.1. The third kappa shape index (κ3) is 5.05. The minimum atomic E-state index is -0.845. The minimum absolute atomic E-state index is 0.104. The quantitative estimate of drug-likeness (QED) is 0.344. The van der Waals surface area contributed by atoms with Crippen molar-refractivity contribution in [3.05, 3.63) is 58.8 Å². The molecule has 1 saturated heterocycles. The molecule has 2 N–H and O–H groups in total. The smallest absolute Gasteiger partial charge is 0.315 e. The predicted octanol–water partition coefficient (Wildman–Crippen LogP) is 0.152. The number of carbonyl (C=O) groups is 4. The molecule has 1 atom stereocenters. The molecule has 4 heterocycles. The second kappa shape index (κ2) is 10.2. The molecule has 0 spiro atoms.